The zero-order valence-electron chi connectivity index (χ0n) is 16.0. The van der Waals surface area contributed by atoms with Gasteiger partial charge >= 0.3 is 0 Å². The molecule has 1 aliphatic rings. The standard InChI is InChI=1S/C21H15N5O3S2/c22-9-11-15(14-2-1-7-30-14)16-17(23)18(31-21(16)26-19(11)24)20(27)25-10-3-4-12-13(8-10)29-6-5-28-12/h1-4,7-8H,5-6,23H2,(H2,24,26)(H,25,27). The lowest BCUT2D eigenvalue weighted by atomic mass is 10.0. The van der Waals surface area contributed by atoms with E-state index in [1.54, 1.807) is 18.2 Å². The molecule has 0 fully saturated rings. The van der Waals surface area contributed by atoms with Crippen molar-refractivity contribution in [2.45, 2.75) is 0 Å². The third kappa shape index (κ3) is 3.20. The summed E-state index contributed by atoms with van der Waals surface area (Å²) in [4.78, 5) is 19.0. The zero-order chi connectivity index (χ0) is 21.5. The number of benzene rings is 1. The van der Waals surface area contributed by atoms with Crippen LogP contribution in [0.4, 0.5) is 17.2 Å². The first-order chi connectivity index (χ1) is 15.1. The second-order valence-electron chi connectivity index (χ2n) is 6.67. The summed E-state index contributed by atoms with van der Waals surface area (Å²) in [7, 11) is 0. The number of nitrogens with one attached hydrogen (secondary N) is 1. The first kappa shape index (κ1) is 19.2. The Kier molecular flexibility index (Phi) is 4.62. The van der Waals surface area contributed by atoms with Crippen molar-refractivity contribution < 1.29 is 14.3 Å². The SMILES string of the molecule is N#Cc1c(N)nc2sc(C(=O)Nc3ccc4c(c3)OCCO4)c(N)c2c1-c1cccs1. The average Bonchev–Trinajstić information content (AvgIpc) is 3.41. The van der Waals surface area contributed by atoms with Crippen LogP contribution >= 0.6 is 22.7 Å². The number of pyridine rings is 1. The highest BCUT2D eigenvalue weighted by Gasteiger charge is 2.25. The highest BCUT2D eigenvalue weighted by molar-refractivity contribution is 7.21. The number of nitrogens with zero attached hydrogens (tertiary/aromatic N) is 2. The van der Waals surface area contributed by atoms with Crippen molar-refractivity contribution in [3.8, 4) is 28.0 Å². The number of thiophene rings is 2. The summed E-state index contributed by atoms with van der Waals surface area (Å²) < 4.78 is 11.1. The Morgan fingerprint density at radius 1 is 1.19 bits per heavy atom. The first-order valence-electron chi connectivity index (χ1n) is 9.23. The predicted octanol–water partition coefficient (Wildman–Crippen LogP) is 4.08. The fourth-order valence-corrected chi connectivity index (χ4v) is 5.22. The van der Waals surface area contributed by atoms with Gasteiger partial charge in [0, 0.05) is 27.6 Å². The van der Waals surface area contributed by atoms with Crippen LogP contribution < -0.4 is 26.3 Å². The van der Waals surface area contributed by atoms with Gasteiger partial charge in [0.2, 0.25) is 0 Å². The minimum atomic E-state index is -0.383. The second kappa shape index (κ2) is 7.46. The number of nitriles is 1. The van der Waals surface area contributed by atoms with Crippen LogP contribution in [-0.2, 0) is 0 Å². The lowest BCUT2D eigenvalue weighted by Gasteiger charge is -2.18. The third-order valence-electron chi connectivity index (χ3n) is 4.79. The molecule has 4 aromatic rings. The molecular formula is C21H15N5O3S2. The number of hydrogen-bond acceptors (Lipinski definition) is 9. The summed E-state index contributed by atoms with van der Waals surface area (Å²) >= 11 is 2.60. The van der Waals surface area contributed by atoms with Crippen molar-refractivity contribution in [1.29, 1.82) is 5.26 Å². The number of aromatic nitrogens is 1. The van der Waals surface area contributed by atoms with Crippen molar-refractivity contribution in [3.63, 3.8) is 0 Å². The topological polar surface area (TPSA) is 136 Å². The molecule has 0 unspecified atom stereocenters. The van der Waals surface area contributed by atoms with Crippen molar-refractivity contribution in [2.75, 3.05) is 30.0 Å². The number of nitrogen functional groups attached to an aromatic ring is 2. The van der Waals surface area contributed by atoms with Gasteiger partial charge in [-0.1, -0.05) is 6.07 Å². The smallest absolute Gasteiger partial charge is 0.267 e. The number of rotatable bonds is 3. The van der Waals surface area contributed by atoms with Crippen molar-refractivity contribution in [2.24, 2.45) is 0 Å². The van der Waals surface area contributed by atoms with Crippen LogP contribution in [0, 0.1) is 11.3 Å². The van der Waals surface area contributed by atoms with E-state index in [-0.39, 0.29) is 23.0 Å². The maximum absolute atomic E-state index is 13.0. The number of amides is 1. The van der Waals surface area contributed by atoms with Gasteiger partial charge in [0.1, 0.15) is 40.4 Å². The molecule has 4 heterocycles. The lowest BCUT2D eigenvalue weighted by Crippen LogP contribution is -2.16. The van der Waals surface area contributed by atoms with Crippen LogP contribution in [0.25, 0.3) is 20.7 Å². The quantitative estimate of drug-likeness (QED) is 0.428. The molecule has 0 atom stereocenters. The lowest BCUT2D eigenvalue weighted by molar-refractivity contribution is 0.103. The molecule has 0 radical (unpaired) electrons. The average molecular weight is 450 g/mol. The molecule has 8 nitrogen and oxygen atoms in total. The molecule has 154 valence electrons. The Morgan fingerprint density at radius 3 is 2.74 bits per heavy atom. The van der Waals surface area contributed by atoms with E-state index in [0.29, 0.717) is 51.1 Å². The van der Waals surface area contributed by atoms with Gasteiger partial charge in [-0.05, 0) is 23.6 Å². The number of carbonyl (C=O) groups excluding carboxylic acids is 1. The van der Waals surface area contributed by atoms with Crippen molar-refractivity contribution in [3.05, 3.63) is 46.2 Å². The molecular weight excluding hydrogens is 434 g/mol. The first-order valence-corrected chi connectivity index (χ1v) is 10.9. The van der Waals surface area contributed by atoms with Crippen molar-refractivity contribution >= 4 is 56.0 Å². The van der Waals surface area contributed by atoms with Crippen LogP contribution in [0.1, 0.15) is 15.2 Å². The Bertz CT molecular complexity index is 1370. The summed E-state index contributed by atoms with van der Waals surface area (Å²) in [5, 5.41) is 15.0. The Labute approximate surface area is 184 Å². The Morgan fingerprint density at radius 2 is 2.00 bits per heavy atom. The van der Waals surface area contributed by atoms with E-state index < -0.39 is 0 Å². The Balaban J connectivity index is 1.58. The Hall–Kier alpha value is -3.81. The van der Waals surface area contributed by atoms with Gasteiger partial charge in [0.25, 0.3) is 5.91 Å². The van der Waals surface area contributed by atoms with Crippen LogP contribution in [0.15, 0.2) is 35.7 Å². The van der Waals surface area contributed by atoms with Crippen LogP contribution in [-0.4, -0.2) is 24.1 Å². The summed E-state index contributed by atoms with van der Waals surface area (Å²) in [6.45, 7) is 0.942. The molecule has 0 saturated heterocycles. The number of nitrogens with two attached hydrogens (primary N) is 2. The van der Waals surface area contributed by atoms with Crippen LogP contribution in [0.2, 0.25) is 0 Å². The highest BCUT2D eigenvalue weighted by Crippen LogP contribution is 2.44. The van der Waals surface area contributed by atoms with E-state index in [1.807, 2.05) is 17.5 Å². The van der Waals surface area contributed by atoms with E-state index in [1.165, 1.54) is 11.3 Å². The van der Waals surface area contributed by atoms with Gasteiger partial charge in [-0.2, -0.15) is 5.26 Å². The molecule has 0 bridgehead atoms. The number of carbonyl (C=O) groups is 1. The molecule has 5 N–H and O–H groups in total. The van der Waals surface area contributed by atoms with E-state index in [2.05, 4.69) is 16.4 Å². The summed E-state index contributed by atoms with van der Waals surface area (Å²) in [5.74, 6) is 0.932. The van der Waals surface area contributed by atoms with E-state index in [9.17, 15) is 10.1 Å². The third-order valence-corrected chi connectivity index (χ3v) is 6.78. The number of ether oxygens (including phenoxy) is 2. The molecule has 5 rings (SSSR count). The number of anilines is 3. The van der Waals surface area contributed by atoms with E-state index in [0.717, 1.165) is 16.2 Å². The van der Waals surface area contributed by atoms with Crippen molar-refractivity contribution in [1.82, 2.24) is 4.98 Å². The normalized spacial score (nSPS) is 12.5. The number of fused-ring (bicyclic) bond motifs is 2. The maximum Gasteiger partial charge on any atom is 0.267 e. The molecule has 0 spiro atoms. The second-order valence-corrected chi connectivity index (χ2v) is 8.62. The van der Waals surface area contributed by atoms with Gasteiger partial charge in [0.05, 0.1) is 5.69 Å². The molecule has 0 saturated carbocycles. The molecule has 1 aliphatic heterocycles. The van der Waals surface area contributed by atoms with Gasteiger partial charge in [0.15, 0.2) is 11.5 Å². The van der Waals surface area contributed by atoms with Gasteiger partial charge in [-0.3, -0.25) is 4.79 Å². The molecule has 1 aromatic carbocycles. The van der Waals surface area contributed by atoms with Crippen LogP contribution in [0.5, 0.6) is 11.5 Å². The molecule has 1 amide bonds. The molecule has 3 aromatic heterocycles. The minimum absolute atomic E-state index is 0.110. The van der Waals surface area contributed by atoms with Gasteiger partial charge < -0.3 is 26.3 Å². The largest absolute Gasteiger partial charge is 0.486 e. The van der Waals surface area contributed by atoms with E-state index in [4.69, 9.17) is 20.9 Å². The zero-order valence-corrected chi connectivity index (χ0v) is 17.6. The fourth-order valence-electron chi connectivity index (χ4n) is 3.43. The number of hydrogen-bond donors (Lipinski definition) is 3. The predicted molar refractivity (Wildman–Crippen MR) is 122 cm³/mol. The van der Waals surface area contributed by atoms with Gasteiger partial charge in [-0.15, -0.1) is 22.7 Å². The fraction of sp³-hybridized carbons (Fsp3) is 0.0952. The maximum atomic E-state index is 13.0. The minimum Gasteiger partial charge on any atom is -0.486 e. The summed E-state index contributed by atoms with van der Waals surface area (Å²) in [5.41, 5.74) is 14.1. The van der Waals surface area contributed by atoms with Gasteiger partial charge in [-0.25, -0.2) is 4.98 Å². The molecule has 0 aliphatic carbocycles. The summed E-state index contributed by atoms with van der Waals surface area (Å²) in [6, 6.07) is 11.1. The summed E-state index contributed by atoms with van der Waals surface area (Å²) in [6.07, 6.45) is 0. The molecule has 31 heavy (non-hydrogen) atoms. The molecule has 10 heteroatoms. The van der Waals surface area contributed by atoms with E-state index >= 15 is 0 Å². The highest BCUT2D eigenvalue weighted by atomic mass is 32.1. The monoisotopic (exact) mass is 449 g/mol. The van der Waals surface area contributed by atoms with Crippen LogP contribution in [0.3, 0.4) is 0 Å².